The topological polar surface area (TPSA) is 44.8 Å². The zero-order valence-electron chi connectivity index (χ0n) is 10.5. The van der Waals surface area contributed by atoms with Crippen LogP contribution in [-0.2, 0) is 9.53 Å². The molecule has 1 unspecified atom stereocenters. The summed E-state index contributed by atoms with van der Waals surface area (Å²) in [6.07, 6.45) is 0. The first-order valence-corrected chi connectivity index (χ1v) is 5.86. The van der Waals surface area contributed by atoms with Crippen LogP contribution in [0.4, 0.5) is 0 Å². The van der Waals surface area contributed by atoms with E-state index in [1.807, 2.05) is 6.92 Å². The van der Waals surface area contributed by atoms with E-state index >= 15 is 0 Å². The number of likely N-dealkylation sites (N-methyl/N-ethyl adjacent to an activating group) is 2. The van der Waals surface area contributed by atoms with Crippen LogP contribution >= 0.6 is 0 Å². The Hall–Kier alpha value is -0.650. The highest BCUT2D eigenvalue weighted by atomic mass is 16.5. The maximum atomic E-state index is 11.4. The molecule has 0 radical (unpaired) electrons. The Labute approximate surface area is 97.7 Å². The number of amides is 1. The SMILES string of the molecule is CCOCC(=O)NCC1CN(C)CCN1C. The molecule has 16 heavy (non-hydrogen) atoms. The molecule has 1 aliphatic rings. The van der Waals surface area contributed by atoms with E-state index in [0.717, 1.165) is 19.6 Å². The van der Waals surface area contributed by atoms with Crippen molar-refractivity contribution in [3.8, 4) is 0 Å². The number of hydrogen-bond acceptors (Lipinski definition) is 4. The zero-order valence-corrected chi connectivity index (χ0v) is 10.5. The molecule has 1 rings (SSSR count). The minimum absolute atomic E-state index is 0.0246. The van der Waals surface area contributed by atoms with Crippen LogP contribution in [0.3, 0.4) is 0 Å². The van der Waals surface area contributed by atoms with Crippen LogP contribution in [0.2, 0.25) is 0 Å². The maximum absolute atomic E-state index is 11.4. The van der Waals surface area contributed by atoms with Crippen molar-refractivity contribution in [2.75, 3.05) is 53.5 Å². The zero-order chi connectivity index (χ0) is 12.0. The smallest absolute Gasteiger partial charge is 0.246 e. The van der Waals surface area contributed by atoms with Crippen LogP contribution in [-0.4, -0.2) is 75.2 Å². The Morgan fingerprint density at radius 3 is 2.88 bits per heavy atom. The highest BCUT2D eigenvalue weighted by Gasteiger charge is 2.22. The van der Waals surface area contributed by atoms with Gasteiger partial charge in [-0.05, 0) is 21.0 Å². The Balaban J connectivity index is 2.22. The predicted molar refractivity (Wildman–Crippen MR) is 63.4 cm³/mol. The Morgan fingerprint density at radius 1 is 1.44 bits per heavy atom. The molecule has 0 aromatic heterocycles. The third-order valence-corrected chi connectivity index (χ3v) is 2.95. The van der Waals surface area contributed by atoms with Crippen molar-refractivity contribution >= 4 is 5.91 Å². The highest BCUT2D eigenvalue weighted by molar-refractivity contribution is 5.77. The average molecular weight is 229 g/mol. The van der Waals surface area contributed by atoms with Gasteiger partial charge in [0.05, 0.1) is 0 Å². The monoisotopic (exact) mass is 229 g/mol. The van der Waals surface area contributed by atoms with Gasteiger partial charge in [-0.25, -0.2) is 0 Å². The lowest BCUT2D eigenvalue weighted by Crippen LogP contribution is -2.54. The van der Waals surface area contributed by atoms with Gasteiger partial charge in [-0.3, -0.25) is 9.69 Å². The number of carbonyl (C=O) groups excluding carboxylic acids is 1. The van der Waals surface area contributed by atoms with Crippen molar-refractivity contribution in [1.82, 2.24) is 15.1 Å². The minimum Gasteiger partial charge on any atom is -0.372 e. The predicted octanol–water partition coefficient (Wildman–Crippen LogP) is -0.615. The molecule has 0 saturated carbocycles. The summed E-state index contributed by atoms with van der Waals surface area (Å²) in [6, 6.07) is 0.407. The second kappa shape index (κ2) is 6.83. The van der Waals surface area contributed by atoms with Crippen molar-refractivity contribution in [2.24, 2.45) is 0 Å². The average Bonchev–Trinajstić information content (AvgIpc) is 2.27. The van der Waals surface area contributed by atoms with E-state index in [-0.39, 0.29) is 12.5 Å². The first-order valence-electron chi connectivity index (χ1n) is 5.86. The summed E-state index contributed by atoms with van der Waals surface area (Å²) in [5.74, 6) is -0.0246. The Morgan fingerprint density at radius 2 is 2.19 bits per heavy atom. The van der Waals surface area contributed by atoms with Crippen LogP contribution < -0.4 is 5.32 Å². The van der Waals surface area contributed by atoms with E-state index in [9.17, 15) is 4.79 Å². The van der Waals surface area contributed by atoms with Gasteiger partial charge in [0, 0.05) is 38.8 Å². The number of piperazine rings is 1. The van der Waals surface area contributed by atoms with E-state index < -0.39 is 0 Å². The standard InChI is InChI=1S/C11H23N3O2/c1-4-16-9-11(15)12-7-10-8-13(2)5-6-14(10)3/h10H,4-9H2,1-3H3,(H,12,15). The van der Waals surface area contributed by atoms with Crippen LogP contribution in [0.25, 0.3) is 0 Å². The van der Waals surface area contributed by atoms with Crippen molar-refractivity contribution in [3.05, 3.63) is 0 Å². The van der Waals surface area contributed by atoms with Gasteiger partial charge in [0.15, 0.2) is 0 Å². The fraction of sp³-hybridized carbons (Fsp3) is 0.909. The fourth-order valence-corrected chi connectivity index (χ4v) is 1.80. The summed E-state index contributed by atoms with van der Waals surface area (Å²) in [5.41, 5.74) is 0. The number of nitrogens with one attached hydrogen (secondary N) is 1. The van der Waals surface area contributed by atoms with E-state index in [1.165, 1.54) is 0 Å². The lowest BCUT2D eigenvalue weighted by atomic mass is 10.2. The molecule has 1 heterocycles. The molecule has 1 N–H and O–H groups in total. The summed E-state index contributed by atoms with van der Waals surface area (Å²) in [6.45, 7) is 6.50. The van der Waals surface area contributed by atoms with Crippen LogP contribution in [0.1, 0.15) is 6.92 Å². The van der Waals surface area contributed by atoms with Gasteiger partial charge in [-0.1, -0.05) is 0 Å². The molecule has 94 valence electrons. The quantitative estimate of drug-likeness (QED) is 0.683. The first kappa shape index (κ1) is 13.4. The molecular formula is C11H23N3O2. The van der Waals surface area contributed by atoms with Crippen LogP contribution in [0, 0.1) is 0 Å². The number of carbonyl (C=O) groups is 1. The highest BCUT2D eigenvalue weighted by Crippen LogP contribution is 2.04. The summed E-state index contributed by atoms with van der Waals surface area (Å²) in [5, 5.41) is 2.91. The largest absolute Gasteiger partial charge is 0.372 e. The first-order chi connectivity index (χ1) is 7.63. The van der Waals surface area contributed by atoms with E-state index in [4.69, 9.17) is 4.74 Å². The summed E-state index contributed by atoms with van der Waals surface area (Å²) >= 11 is 0. The van der Waals surface area contributed by atoms with Gasteiger partial charge in [0.1, 0.15) is 6.61 Å². The third-order valence-electron chi connectivity index (χ3n) is 2.95. The van der Waals surface area contributed by atoms with Gasteiger partial charge in [-0.15, -0.1) is 0 Å². The maximum Gasteiger partial charge on any atom is 0.246 e. The molecule has 5 nitrogen and oxygen atoms in total. The minimum atomic E-state index is -0.0246. The van der Waals surface area contributed by atoms with Crippen molar-refractivity contribution in [3.63, 3.8) is 0 Å². The van der Waals surface area contributed by atoms with Gasteiger partial charge in [-0.2, -0.15) is 0 Å². The Bertz CT molecular complexity index is 223. The second-order valence-corrected chi connectivity index (χ2v) is 4.34. The summed E-state index contributed by atoms with van der Waals surface area (Å²) < 4.78 is 5.05. The van der Waals surface area contributed by atoms with Gasteiger partial charge in [0.25, 0.3) is 0 Å². The Kier molecular flexibility index (Phi) is 5.73. The van der Waals surface area contributed by atoms with Crippen LogP contribution in [0.15, 0.2) is 0 Å². The molecule has 1 fully saturated rings. The van der Waals surface area contributed by atoms with E-state index in [0.29, 0.717) is 19.2 Å². The number of hydrogen-bond donors (Lipinski definition) is 1. The second-order valence-electron chi connectivity index (χ2n) is 4.34. The molecule has 1 aliphatic heterocycles. The number of rotatable bonds is 5. The normalized spacial score (nSPS) is 23.3. The van der Waals surface area contributed by atoms with Crippen LogP contribution in [0.5, 0.6) is 0 Å². The van der Waals surface area contributed by atoms with Gasteiger partial charge < -0.3 is 15.0 Å². The summed E-state index contributed by atoms with van der Waals surface area (Å²) in [4.78, 5) is 15.9. The molecule has 0 spiro atoms. The van der Waals surface area contributed by atoms with E-state index in [1.54, 1.807) is 0 Å². The lowest BCUT2D eigenvalue weighted by Gasteiger charge is -2.37. The summed E-state index contributed by atoms with van der Waals surface area (Å²) in [7, 11) is 4.22. The molecule has 1 amide bonds. The molecule has 1 saturated heterocycles. The number of nitrogens with zero attached hydrogens (tertiary/aromatic N) is 2. The van der Waals surface area contributed by atoms with Crippen molar-refractivity contribution in [1.29, 1.82) is 0 Å². The molecule has 0 aromatic rings. The molecule has 0 aromatic carbocycles. The fourth-order valence-electron chi connectivity index (χ4n) is 1.80. The van der Waals surface area contributed by atoms with Crippen molar-refractivity contribution < 1.29 is 9.53 Å². The molecule has 5 heteroatoms. The number of ether oxygens (including phenoxy) is 1. The molecule has 0 bridgehead atoms. The molecular weight excluding hydrogens is 206 g/mol. The molecule has 0 aliphatic carbocycles. The van der Waals surface area contributed by atoms with Gasteiger partial charge in [0.2, 0.25) is 5.91 Å². The van der Waals surface area contributed by atoms with E-state index in [2.05, 4.69) is 29.2 Å². The van der Waals surface area contributed by atoms with Crippen molar-refractivity contribution in [2.45, 2.75) is 13.0 Å². The molecule has 1 atom stereocenters. The van der Waals surface area contributed by atoms with Gasteiger partial charge >= 0.3 is 0 Å². The lowest BCUT2D eigenvalue weighted by molar-refractivity contribution is -0.125. The third kappa shape index (κ3) is 4.47.